The number of aromatic nitrogens is 2. The van der Waals surface area contributed by atoms with Crippen LogP contribution in [0.15, 0.2) is 12.4 Å². The maximum absolute atomic E-state index is 11.8. The number of amides is 1. The van der Waals surface area contributed by atoms with E-state index in [1.807, 2.05) is 17.1 Å². The highest BCUT2D eigenvalue weighted by Gasteiger charge is 2.13. The second kappa shape index (κ2) is 7.25. The second-order valence-electron chi connectivity index (χ2n) is 4.78. The highest BCUT2D eigenvalue weighted by atomic mass is 16.5. The molecule has 1 aliphatic rings. The maximum Gasteiger partial charge on any atom is 0.234 e. The zero-order valence-corrected chi connectivity index (χ0v) is 11.5. The van der Waals surface area contributed by atoms with E-state index in [9.17, 15) is 4.79 Å². The van der Waals surface area contributed by atoms with Crippen LogP contribution in [0, 0.1) is 0 Å². The zero-order valence-electron chi connectivity index (χ0n) is 11.5. The van der Waals surface area contributed by atoms with Gasteiger partial charge in [0, 0.05) is 37.9 Å². The summed E-state index contributed by atoms with van der Waals surface area (Å²) >= 11 is 0. The Morgan fingerprint density at radius 3 is 3.00 bits per heavy atom. The first kappa shape index (κ1) is 14.0. The van der Waals surface area contributed by atoms with E-state index in [1.54, 1.807) is 0 Å². The smallest absolute Gasteiger partial charge is 0.234 e. The van der Waals surface area contributed by atoms with Crippen LogP contribution < -0.4 is 5.32 Å². The summed E-state index contributed by atoms with van der Waals surface area (Å²) < 4.78 is 7.16. The first-order valence-corrected chi connectivity index (χ1v) is 6.86. The molecule has 0 aromatic carbocycles. The molecule has 1 aliphatic heterocycles. The maximum atomic E-state index is 11.8. The molecule has 19 heavy (non-hydrogen) atoms. The van der Waals surface area contributed by atoms with E-state index in [2.05, 4.69) is 22.2 Å². The summed E-state index contributed by atoms with van der Waals surface area (Å²) in [6.45, 7) is 7.14. The molecule has 0 bridgehead atoms. The first-order valence-electron chi connectivity index (χ1n) is 6.86. The van der Waals surface area contributed by atoms with Crippen molar-refractivity contribution in [2.24, 2.45) is 0 Å². The summed E-state index contributed by atoms with van der Waals surface area (Å²) in [5.74, 6) is 0.0603. The van der Waals surface area contributed by atoms with Gasteiger partial charge in [-0.25, -0.2) is 0 Å². The molecule has 0 unspecified atom stereocenters. The lowest BCUT2D eigenvalue weighted by Crippen LogP contribution is -2.43. The van der Waals surface area contributed by atoms with Gasteiger partial charge in [0.15, 0.2) is 0 Å². The Kier molecular flexibility index (Phi) is 5.35. The minimum Gasteiger partial charge on any atom is -0.379 e. The Labute approximate surface area is 113 Å². The van der Waals surface area contributed by atoms with Crippen molar-refractivity contribution in [1.82, 2.24) is 20.0 Å². The molecule has 1 aromatic heterocycles. The molecule has 106 valence electrons. The summed E-state index contributed by atoms with van der Waals surface area (Å²) in [6, 6.07) is 0. The minimum absolute atomic E-state index is 0.0603. The molecule has 0 saturated carbocycles. The van der Waals surface area contributed by atoms with Crippen LogP contribution in [0.3, 0.4) is 0 Å². The van der Waals surface area contributed by atoms with Crippen LogP contribution in [0.4, 0.5) is 0 Å². The topological polar surface area (TPSA) is 59.4 Å². The summed E-state index contributed by atoms with van der Waals surface area (Å²) in [4.78, 5) is 13.9. The van der Waals surface area contributed by atoms with Crippen LogP contribution in [0.25, 0.3) is 0 Å². The number of ether oxygens (including phenoxy) is 1. The molecule has 6 nitrogen and oxygen atoms in total. The van der Waals surface area contributed by atoms with Gasteiger partial charge in [-0.05, 0) is 6.42 Å². The third-order valence-electron chi connectivity index (χ3n) is 3.10. The number of carbonyl (C=O) groups is 1. The monoisotopic (exact) mass is 266 g/mol. The number of aryl methyl sites for hydroxylation is 1. The number of hydrogen-bond acceptors (Lipinski definition) is 4. The number of rotatable bonds is 6. The minimum atomic E-state index is 0.0603. The molecular weight excluding hydrogens is 244 g/mol. The van der Waals surface area contributed by atoms with Gasteiger partial charge in [0.25, 0.3) is 0 Å². The number of carbonyl (C=O) groups excluding carboxylic acids is 1. The number of nitrogens with one attached hydrogen (secondary N) is 1. The Balaban J connectivity index is 1.69. The number of nitrogens with zero attached hydrogens (tertiary/aromatic N) is 3. The molecule has 1 N–H and O–H groups in total. The molecule has 1 aromatic rings. The summed E-state index contributed by atoms with van der Waals surface area (Å²) in [5.41, 5.74) is 1.05. The highest BCUT2D eigenvalue weighted by Crippen LogP contribution is 1.99. The summed E-state index contributed by atoms with van der Waals surface area (Å²) in [5, 5.41) is 7.16. The number of hydrogen-bond donors (Lipinski definition) is 1. The SMILES string of the molecule is CCCn1cc(CNC(=O)CN2CCOCC2)cn1. The lowest BCUT2D eigenvalue weighted by molar-refractivity contribution is -0.123. The molecule has 1 amide bonds. The molecule has 1 fully saturated rings. The standard InChI is InChI=1S/C13H22N4O2/c1-2-3-17-10-12(9-15-17)8-14-13(18)11-16-4-6-19-7-5-16/h9-10H,2-8,11H2,1H3,(H,14,18). The quantitative estimate of drug-likeness (QED) is 0.801. The van der Waals surface area contributed by atoms with Gasteiger partial charge in [-0.1, -0.05) is 6.92 Å². The largest absolute Gasteiger partial charge is 0.379 e. The fraction of sp³-hybridized carbons (Fsp3) is 0.692. The second-order valence-corrected chi connectivity index (χ2v) is 4.78. The van der Waals surface area contributed by atoms with Crippen LogP contribution in [0.2, 0.25) is 0 Å². The van der Waals surface area contributed by atoms with Gasteiger partial charge in [-0.2, -0.15) is 5.10 Å². The summed E-state index contributed by atoms with van der Waals surface area (Å²) in [7, 11) is 0. The van der Waals surface area contributed by atoms with Gasteiger partial charge in [0.05, 0.1) is 26.0 Å². The third-order valence-corrected chi connectivity index (χ3v) is 3.10. The van der Waals surface area contributed by atoms with Gasteiger partial charge in [-0.15, -0.1) is 0 Å². The zero-order chi connectivity index (χ0) is 13.5. The Hall–Kier alpha value is -1.40. The molecular formula is C13H22N4O2. The van der Waals surface area contributed by atoms with Crippen molar-refractivity contribution >= 4 is 5.91 Å². The van der Waals surface area contributed by atoms with Gasteiger partial charge in [0.2, 0.25) is 5.91 Å². The fourth-order valence-corrected chi connectivity index (χ4v) is 2.07. The lowest BCUT2D eigenvalue weighted by atomic mass is 10.3. The van der Waals surface area contributed by atoms with Gasteiger partial charge >= 0.3 is 0 Å². The van der Waals surface area contributed by atoms with Crippen LogP contribution in [0.1, 0.15) is 18.9 Å². The molecule has 2 heterocycles. The highest BCUT2D eigenvalue weighted by molar-refractivity contribution is 5.77. The van der Waals surface area contributed by atoms with Crippen molar-refractivity contribution in [3.8, 4) is 0 Å². The van der Waals surface area contributed by atoms with E-state index < -0.39 is 0 Å². The average Bonchev–Trinajstić information content (AvgIpc) is 2.86. The van der Waals surface area contributed by atoms with Crippen molar-refractivity contribution in [3.05, 3.63) is 18.0 Å². The predicted molar refractivity (Wildman–Crippen MR) is 71.6 cm³/mol. The van der Waals surface area contributed by atoms with E-state index in [0.717, 1.165) is 44.8 Å². The van der Waals surface area contributed by atoms with Crippen molar-refractivity contribution in [2.45, 2.75) is 26.4 Å². The predicted octanol–water partition coefficient (Wildman–Crippen LogP) is 0.242. The van der Waals surface area contributed by atoms with Crippen molar-refractivity contribution in [2.75, 3.05) is 32.8 Å². The van der Waals surface area contributed by atoms with Gasteiger partial charge in [-0.3, -0.25) is 14.4 Å². The molecule has 0 aliphatic carbocycles. The Morgan fingerprint density at radius 2 is 2.26 bits per heavy atom. The van der Waals surface area contributed by atoms with Crippen molar-refractivity contribution in [3.63, 3.8) is 0 Å². The molecule has 0 atom stereocenters. The Morgan fingerprint density at radius 1 is 1.47 bits per heavy atom. The van der Waals surface area contributed by atoms with E-state index in [4.69, 9.17) is 4.74 Å². The van der Waals surface area contributed by atoms with E-state index in [1.165, 1.54) is 0 Å². The van der Waals surface area contributed by atoms with Crippen LogP contribution in [-0.2, 0) is 22.6 Å². The molecule has 6 heteroatoms. The first-order chi connectivity index (χ1) is 9.28. The lowest BCUT2D eigenvalue weighted by Gasteiger charge is -2.25. The molecule has 2 rings (SSSR count). The van der Waals surface area contributed by atoms with E-state index in [-0.39, 0.29) is 5.91 Å². The van der Waals surface area contributed by atoms with Crippen LogP contribution in [-0.4, -0.2) is 53.4 Å². The van der Waals surface area contributed by atoms with Gasteiger partial charge in [0.1, 0.15) is 0 Å². The van der Waals surface area contributed by atoms with E-state index in [0.29, 0.717) is 13.1 Å². The van der Waals surface area contributed by atoms with Crippen LogP contribution in [0.5, 0.6) is 0 Å². The van der Waals surface area contributed by atoms with Crippen LogP contribution >= 0.6 is 0 Å². The fourth-order valence-electron chi connectivity index (χ4n) is 2.07. The molecule has 0 spiro atoms. The van der Waals surface area contributed by atoms with E-state index >= 15 is 0 Å². The third kappa shape index (κ3) is 4.65. The average molecular weight is 266 g/mol. The molecule has 1 saturated heterocycles. The molecule has 0 radical (unpaired) electrons. The number of morpholine rings is 1. The Bertz CT molecular complexity index is 399. The normalized spacial score (nSPS) is 16.5. The summed E-state index contributed by atoms with van der Waals surface area (Å²) in [6.07, 6.45) is 4.85. The van der Waals surface area contributed by atoms with Crippen molar-refractivity contribution < 1.29 is 9.53 Å². The van der Waals surface area contributed by atoms with Gasteiger partial charge < -0.3 is 10.1 Å². The van der Waals surface area contributed by atoms with Crippen molar-refractivity contribution in [1.29, 1.82) is 0 Å².